The summed E-state index contributed by atoms with van der Waals surface area (Å²) in [7, 11) is 3.06. The lowest BCUT2D eigenvalue weighted by Crippen LogP contribution is -2.41. The van der Waals surface area contributed by atoms with Gasteiger partial charge in [0, 0.05) is 13.1 Å². The molecule has 0 radical (unpaired) electrons. The van der Waals surface area contributed by atoms with Gasteiger partial charge in [0.05, 0.1) is 19.1 Å². The van der Waals surface area contributed by atoms with E-state index in [2.05, 4.69) is 0 Å². The standard InChI is InChI=1S/C23H24N2O5S/c1-4-24(14-16-8-6-5-7-9-16)21(26)15-25-22(27)20(31-23(25)28)13-17-10-11-18(29-2)19(12-17)30-3/h5-13H,4,14-15H2,1-3H3/b20-13-. The zero-order valence-electron chi connectivity index (χ0n) is 17.7. The van der Waals surface area contributed by atoms with Gasteiger partial charge in [0.2, 0.25) is 5.91 Å². The number of hydrogen-bond donors (Lipinski definition) is 0. The number of likely N-dealkylation sites (N-methyl/N-ethyl adjacent to an activating group) is 1. The smallest absolute Gasteiger partial charge is 0.294 e. The molecule has 162 valence electrons. The molecule has 1 aliphatic rings. The van der Waals surface area contributed by atoms with Crippen LogP contribution in [0.15, 0.2) is 53.4 Å². The first-order chi connectivity index (χ1) is 15.0. The molecule has 2 aromatic rings. The Bertz CT molecular complexity index is 1010. The number of ether oxygens (including phenoxy) is 2. The van der Waals surface area contributed by atoms with Gasteiger partial charge in [-0.15, -0.1) is 0 Å². The molecule has 0 spiro atoms. The summed E-state index contributed by atoms with van der Waals surface area (Å²) in [5.74, 6) is 0.330. The molecule has 0 aliphatic carbocycles. The fourth-order valence-electron chi connectivity index (χ4n) is 3.15. The van der Waals surface area contributed by atoms with E-state index in [1.165, 1.54) is 14.2 Å². The summed E-state index contributed by atoms with van der Waals surface area (Å²) < 4.78 is 10.5. The van der Waals surface area contributed by atoms with Crippen molar-refractivity contribution in [1.82, 2.24) is 9.80 Å². The Morgan fingerprint density at radius 3 is 2.42 bits per heavy atom. The fourth-order valence-corrected chi connectivity index (χ4v) is 3.98. The van der Waals surface area contributed by atoms with E-state index in [0.29, 0.717) is 30.2 Å². The van der Waals surface area contributed by atoms with Gasteiger partial charge in [0.15, 0.2) is 11.5 Å². The van der Waals surface area contributed by atoms with E-state index in [-0.39, 0.29) is 17.4 Å². The van der Waals surface area contributed by atoms with Gasteiger partial charge in [0.1, 0.15) is 6.54 Å². The predicted octanol–water partition coefficient (Wildman–Crippen LogP) is 3.79. The Morgan fingerprint density at radius 1 is 1.06 bits per heavy atom. The lowest BCUT2D eigenvalue weighted by Gasteiger charge is -2.23. The van der Waals surface area contributed by atoms with Crippen LogP contribution in [0.1, 0.15) is 18.1 Å². The van der Waals surface area contributed by atoms with Crippen LogP contribution in [0, 0.1) is 0 Å². The number of nitrogens with zero attached hydrogens (tertiary/aromatic N) is 2. The van der Waals surface area contributed by atoms with Gasteiger partial charge in [-0.3, -0.25) is 19.3 Å². The zero-order chi connectivity index (χ0) is 22.4. The lowest BCUT2D eigenvalue weighted by molar-refractivity contribution is -0.136. The Balaban J connectivity index is 1.72. The Labute approximate surface area is 185 Å². The van der Waals surface area contributed by atoms with Crippen molar-refractivity contribution in [2.24, 2.45) is 0 Å². The molecule has 0 saturated carbocycles. The van der Waals surface area contributed by atoms with E-state index in [9.17, 15) is 14.4 Å². The van der Waals surface area contributed by atoms with Crippen LogP contribution in [0.4, 0.5) is 4.79 Å². The molecule has 1 saturated heterocycles. The number of benzene rings is 2. The largest absolute Gasteiger partial charge is 0.493 e. The molecule has 7 nitrogen and oxygen atoms in total. The van der Waals surface area contributed by atoms with Crippen molar-refractivity contribution in [3.05, 3.63) is 64.6 Å². The van der Waals surface area contributed by atoms with Crippen molar-refractivity contribution >= 4 is 34.9 Å². The second-order valence-corrected chi connectivity index (χ2v) is 7.77. The molecule has 3 rings (SSSR count). The normalized spacial score (nSPS) is 14.8. The van der Waals surface area contributed by atoms with Crippen LogP contribution in [0.5, 0.6) is 11.5 Å². The van der Waals surface area contributed by atoms with E-state index in [1.807, 2.05) is 37.3 Å². The Kier molecular flexibility index (Phi) is 7.36. The number of rotatable bonds is 8. The van der Waals surface area contributed by atoms with Gasteiger partial charge in [-0.1, -0.05) is 36.4 Å². The van der Waals surface area contributed by atoms with E-state index in [0.717, 1.165) is 22.2 Å². The maximum atomic E-state index is 12.8. The number of carbonyl (C=O) groups is 3. The first-order valence-electron chi connectivity index (χ1n) is 9.76. The van der Waals surface area contributed by atoms with Crippen molar-refractivity contribution in [2.45, 2.75) is 13.5 Å². The van der Waals surface area contributed by atoms with Gasteiger partial charge >= 0.3 is 0 Å². The van der Waals surface area contributed by atoms with Crippen molar-refractivity contribution in [3.63, 3.8) is 0 Å². The van der Waals surface area contributed by atoms with E-state index in [4.69, 9.17) is 9.47 Å². The second kappa shape index (κ2) is 10.2. The highest BCUT2D eigenvalue weighted by Crippen LogP contribution is 2.34. The number of imide groups is 1. The Hall–Kier alpha value is -3.26. The third kappa shape index (κ3) is 5.27. The molecule has 8 heteroatoms. The molecular weight excluding hydrogens is 416 g/mol. The monoisotopic (exact) mass is 440 g/mol. The molecule has 0 aromatic heterocycles. The summed E-state index contributed by atoms with van der Waals surface area (Å²) in [5, 5.41) is -0.458. The van der Waals surface area contributed by atoms with Crippen LogP contribution >= 0.6 is 11.8 Å². The number of thioether (sulfide) groups is 1. The zero-order valence-corrected chi connectivity index (χ0v) is 18.5. The molecule has 31 heavy (non-hydrogen) atoms. The van der Waals surface area contributed by atoms with E-state index in [1.54, 1.807) is 29.2 Å². The lowest BCUT2D eigenvalue weighted by atomic mass is 10.2. The fraction of sp³-hybridized carbons (Fsp3) is 0.261. The minimum absolute atomic E-state index is 0.260. The first-order valence-corrected chi connectivity index (χ1v) is 10.6. The maximum absolute atomic E-state index is 12.8. The average Bonchev–Trinajstić information content (AvgIpc) is 3.05. The topological polar surface area (TPSA) is 76.2 Å². The highest BCUT2D eigenvalue weighted by atomic mass is 32.2. The highest BCUT2D eigenvalue weighted by Gasteiger charge is 2.37. The average molecular weight is 441 g/mol. The SMILES string of the molecule is CCN(Cc1ccccc1)C(=O)CN1C(=O)S/C(=C\c2ccc(OC)c(OC)c2)C1=O. The summed E-state index contributed by atoms with van der Waals surface area (Å²) >= 11 is 0.821. The molecule has 1 heterocycles. The van der Waals surface area contributed by atoms with E-state index >= 15 is 0 Å². The molecule has 1 fully saturated rings. The molecule has 1 aliphatic heterocycles. The summed E-state index contributed by atoms with van der Waals surface area (Å²) in [6.07, 6.45) is 1.61. The number of methoxy groups -OCH3 is 2. The van der Waals surface area contributed by atoms with E-state index < -0.39 is 11.1 Å². The summed E-state index contributed by atoms with van der Waals surface area (Å²) in [6.45, 7) is 2.49. The van der Waals surface area contributed by atoms with Crippen molar-refractivity contribution in [1.29, 1.82) is 0 Å². The molecule has 3 amide bonds. The van der Waals surface area contributed by atoms with Crippen LogP contribution in [-0.4, -0.2) is 54.2 Å². The molecule has 0 N–H and O–H groups in total. The predicted molar refractivity (Wildman–Crippen MR) is 120 cm³/mol. The number of amides is 3. The van der Waals surface area contributed by atoms with Gasteiger partial charge < -0.3 is 14.4 Å². The van der Waals surface area contributed by atoms with Gasteiger partial charge in [-0.25, -0.2) is 0 Å². The number of carbonyl (C=O) groups excluding carboxylic acids is 3. The quantitative estimate of drug-likeness (QED) is 0.582. The minimum atomic E-state index is -0.478. The van der Waals surface area contributed by atoms with Crippen molar-refractivity contribution in [2.75, 3.05) is 27.3 Å². The third-order valence-corrected chi connectivity index (χ3v) is 5.73. The van der Waals surface area contributed by atoms with Gasteiger partial charge in [-0.05, 0) is 48.0 Å². The minimum Gasteiger partial charge on any atom is -0.493 e. The second-order valence-electron chi connectivity index (χ2n) is 6.78. The van der Waals surface area contributed by atoms with Crippen LogP contribution < -0.4 is 9.47 Å². The molecular formula is C23H24N2O5S. The van der Waals surface area contributed by atoms with Crippen molar-refractivity contribution in [3.8, 4) is 11.5 Å². The Morgan fingerprint density at radius 2 is 1.77 bits per heavy atom. The summed E-state index contributed by atoms with van der Waals surface area (Å²) in [6, 6.07) is 14.8. The molecule has 2 aromatic carbocycles. The highest BCUT2D eigenvalue weighted by molar-refractivity contribution is 8.18. The maximum Gasteiger partial charge on any atom is 0.294 e. The summed E-state index contributed by atoms with van der Waals surface area (Å²) in [4.78, 5) is 40.9. The molecule has 0 unspecified atom stereocenters. The van der Waals surface area contributed by atoms with Crippen LogP contribution in [-0.2, 0) is 16.1 Å². The van der Waals surface area contributed by atoms with Crippen LogP contribution in [0.3, 0.4) is 0 Å². The first kappa shape index (κ1) is 22.4. The van der Waals surface area contributed by atoms with Crippen molar-refractivity contribution < 1.29 is 23.9 Å². The summed E-state index contributed by atoms with van der Waals surface area (Å²) in [5.41, 5.74) is 1.67. The molecule has 0 bridgehead atoms. The van der Waals surface area contributed by atoms with Gasteiger partial charge in [0.25, 0.3) is 11.1 Å². The number of hydrogen-bond acceptors (Lipinski definition) is 6. The third-order valence-electron chi connectivity index (χ3n) is 4.82. The molecule has 0 atom stereocenters. The van der Waals surface area contributed by atoms with Crippen LogP contribution in [0.2, 0.25) is 0 Å². The van der Waals surface area contributed by atoms with Gasteiger partial charge in [-0.2, -0.15) is 0 Å². The van der Waals surface area contributed by atoms with Crippen LogP contribution in [0.25, 0.3) is 6.08 Å².